The highest BCUT2D eigenvalue weighted by atomic mass is 32.2. The fraction of sp³-hybridized carbons (Fsp3) is 0.500. The summed E-state index contributed by atoms with van der Waals surface area (Å²) in [5.41, 5.74) is 2.15. The molecule has 90 valence electrons. The van der Waals surface area contributed by atoms with Crippen molar-refractivity contribution in [2.75, 3.05) is 23.4 Å². The Hall–Kier alpha value is -1.03. The van der Waals surface area contributed by atoms with Gasteiger partial charge in [-0.1, -0.05) is 19.1 Å². The highest BCUT2D eigenvalue weighted by Gasteiger charge is 2.08. The lowest BCUT2D eigenvalue weighted by molar-refractivity contribution is 0.595. The number of benzene rings is 1. The molecule has 0 aliphatic carbocycles. The average molecular weight is 241 g/mol. The monoisotopic (exact) mass is 241 g/mol. The highest BCUT2D eigenvalue weighted by molar-refractivity contribution is 7.91. The fourth-order valence-electron chi connectivity index (χ4n) is 1.52. The highest BCUT2D eigenvalue weighted by Crippen LogP contribution is 2.09. The van der Waals surface area contributed by atoms with Crippen LogP contribution in [0.2, 0.25) is 0 Å². The maximum absolute atomic E-state index is 11.4. The van der Waals surface area contributed by atoms with E-state index in [0.717, 1.165) is 5.69 Å². The fourth-order valence-corrected chi connectivity index (χ4v) is 2.76. The molecule has 0 fully saturated rings. The predicted molar refractivity (Wildman–Crippen MR) is 68.6 cm³/mol. The van der Waals surface area contributed by atoms with Crippen LogP contribution in [-0.2, 0) is 9.84 Å². The first-order valence-corrected chi connectivity index (χ1v) is 7.36. The van der Waals surface area contributed by atoms with Crippen molar-refractivity contribution in [2.45, 2.75) is 20.3 Å². The number of aryl methyl sites for hydroxylation is 1. The van der Waals surface area contributed by atoms with Crippen LogP contribution >= 0.6 is 0 Å². The molecule has 1 aromatic carbocycles. The van der Waals surface area contributed by atoms with Crippen molar-refractivity contribution in [1.29, 1.82) is 0 Å². The largest absolute Gasteiger partial charge is 0.384 e. The molecule has 1 aromatic rings. The molecule has 0 aliphatic heterocycles. The Bertz CT molecular complexity index is 426. The van der Waals surface area contributed by atoms with Crippen LogP contribution in [0.15, 0.2) is 24.3 Å². The number of rotatable bonds is 6. The molecule has 0 amide bonds. The lowest BCUT2D eigenvalue weighted by atomic mass is 10.2. The van der Waals surface area contributed by atoms with Gasteiger partial charge in [0, 0.05) is 18.0 Å². The zero-order chi connectivity index (χ0) is 12.0. The van der Waals surface area contributed by atoms with Gasteiger partial charge in [0.2, 0.25) is 0 Å². The number of sulfone groups is 1. The van der Waals surface area contributed by atoms with Gasteiger partial charge in [-0.05, 0) is 31.0 Å². The van der Waals surface area contributed by atoms with Gasteiger partial charge in [-0.15, -0.1) is 0 Å². The Morgan fingerprint density at radius 3 is 2.62 bits per heavy atom. The van der Waals surface area contributed by atoms with E-state index in [4.69, 9.17) is 0 Å². The summed E-state index contributed by atoms with van der Waals surface area (Å²) in [4.78, 5) is 0. The van der Waals surface area contributed by atoms with Gasteiger partial charge >= 0.3 is 0 Å². The smallest absolute Gasteiger partial charge is 0.152 e. The third-order valence-electron chi connectivity index (χ3n) is 2.28. The second-order valence-electron chi connectivity index (χ2n) is 3.95. The molecule has 0 spiro atoms. The average Bonchev–Trinajstić information content (AvgIpc) is 2.17. The van der Waals surface area contributed by atoms with E-state index in [0.29, 0.717) is 13.0 Å². The van der Waals surface area contributed by atoms with Crippen LogP contribution in [0.5, 0.6) is 0 Å². The molecule has 0 aromatic heterocycles. The quantitative estimate of drug-likeness (QED) is 0.830. The molecule has 0 bridgehead atoms. The number of anilines is 1. The van der Waals surface area contributed by atoms with Gasteiger partial charge in [0.15, 0.2) is 9.84 Å². The molecule has 0 radical (unpaired) electrons. The van der Waals surface area contributed by atoms with Crippen LogP contribution < -0.4 is 5.32 Å². The third-order valence-corrected chi connectivity index (χ3v) is 4.13. The topological polar surface area (TPSA) is 46.2 Å². The Kier molecular flexibility index (Phi) is 4.80. The Labute approximate surface area is 97.8 Å². The van der Waals surface area contributed by atoms with Crippen LogP contribution in [0.25, 0.3) is 0 Å². The SMILES string of the molecule is CCCS(=O)(=O)CCNc1cccc(C)c1. The molecule has 0 saturated carbocycles. The van der Waals surface area contributed by atoms with Crippen molar-refractivity contribution in [3.63, 3.8) is 0 Å². The maximum Gasteiger partial charge on any atom is 0.152 e. The van der Waals surface area contributed by atoms with Crippen LogP contribution in [0.4, 0.5) is 5.69 Å². The minimum Gasteiger partial charge on any atom is -0.384 e. The molecule has 1 rings (SSSR count). The van der Waals surface area contributed by atoms with Crippen LogP contribution in [0, 0.1) is 6.92 Å². The third kappa shape index (κ3) is 4.66. The van der Waals surface area contributed by atoms with E-state index in [1.165, 1.54) is 5.56 Å². The van der Waals surface area contributed by atoms with E-state index < -0.39 is 9.84 Å². The molecule has 3 nitrogen and oxygen atoms in total. The summed E-state index contributed by atoms with van der Waals surface area (Å²) in [6, 6.07) is 7.92. The zero-order valence-corrected chi connectivity index (χ0v) is 10.7. The number of hydrogen-bond acceptors (Lipinski definition) is 3. The van der Waals surface area contributed by atoms with E-state index in [2.05, 4.69) is 5.32 Å². The molecule has 0 aliphatic rings. The lowest BCUT2D eigenvalue weighted by Gasteiger charge is -2.07. The Morgan fingerprint density at radius 2 is 2.00 bits per heavy atom. The van der Waals surface area contributed by atoms with Gasteiger partial charge in [-0.2, -0.15) is 0 Å². The Balaban J connectivity index is 2.42. The van der Waals surface area contributed by atoms with Gasteiger partial charge in [-0.25, -0.2) is 8.42 Å². The van der Waals surface area contributed by atoms with Gasteiger partial charge < -0.3 is 5.32 Å². The number of hydrogen-bond donors (Lipinski definition) is 1. The van der Waals surface area contributed by atoms with Crippen molar-refractivity contribution in [1.82, 2.24) is 0 Å². The zero-order valence-electron chi connectivity index (χ0n) is 9.86. The first kappa shape index (κ1) is 13.0. The van der Waals surface area contributed by atoms with E-state index in [1.54, 1.807) is 0 Å². The summed E-state index contributed by atoms with van der Waals surface area (Å²) >= 11 is 0. The van der Waals surface area contributed by atoms with E-state index in [1.807, 2.05) is 38.1 Å². The molecule has 0 unspecified atom stereocenters. The molecular formula is C12H19NO2S. The molecule has 0 heterocycles. The van der Waals surface area contributed by atoms with Gasteiger partial charge in [0.25, 0.3) is 0 Å². The molecule has 0 saturated heterocycles. The minimum atomic E-state index is -2.87. The first-order valence-electron chi connectivity index (χ1n) is 5.54. The second-order valence-corrected chi connectivity index (χ2v) is 6.25. The van der Waals surface area contributed by atoms with Crippen molar-refractivity contribution in [2.24, 2.45) is 0 Å². The summed E-state index contributed by atoms with van der Waals surface area (Å²) in [6.07, 6.45) is 0.687. The van der Waals surface area contributed by atoms with Gasteiger partial charge in [0.1, 0.15) is 0 Å². The lowest BCUT2D eigenvalue weighted by Crippen LogP contribution is -2.18. The van der Waals surface area contributed by atoms with Gasteiger partial charge in [-0.3, -0.25) is 0 Å². The van der Waals surface area contributed by atoms with Crippen LogP contribution in [0.1, 0.15) is 18.9 Å². The summed E-state index contributed by atoms with van der Waals surface area (Å²) in [6.45, 7) is 4.37. The van der Waals surface area contributed by atoms with E-state index in [-0.39, 0.29) is 11.5 Å². The summed E-state index contributed by atoms with van der Waals surface area (Å²) in [5.74, 6) is 0.483. The van der Waals surface area contributed by atoms with E-state index in [9.17, 15) is 8.42 Å². The molecule has 4 heteroatoms. The van der Waals surface area contributed by atoms with Crippen molar-refractivity contribution in [3.05, 3.63) is 29.8 Å². The van der Waals surface area contributed by atoms with Crippen molar-refractivity contribution < 1.29 is 8.42 Å². The number of nitrogens with one attached hydrogen (secondary N) is 1. The summed E-state index contributed by atoms with van der Waals surface area (Å²) < 4.78 is 22.9. The van der Waals surface area contributed by atoms with E-state index >= 15 is 0 Å². The van der Waals surface area contributed by atoms with Crippen molar-refractivity contribution >= 4 is 15.5 Å². The van der Waals surface area contributed by atoms with Crippen LogP contribution in [-0.4, -0.2) is 26.5 Å². The first-order chi connectivity index (χ1) is 7.53. The normalized spacial score (nSPS) is 11.4. The molecule has 16 heavy (non-hydrogen) atoms. The maximum atomic E-state index is 11.4. The summed E-state index contributed by atoms with van der Waals surface area (Å²) in [5, 5.41) is 3.12. The van der Waals surface area contributed by atoms with Crippen LogP contribution in [0.3, 0.4) is 0 Å². The second kappa shape index (κ2) is 5.89. The molecule has 1 N–H and O–H groups in total. The molecule has 0 atom stereocenters. The Morgan fingerprint density at radius 1 is 1.25 bits per heavy atom. The molecular weight excluding hydrogens is 222 g/mol. The standard InChI is InChI=1S/C12H19NO2S/c1-3-8-16(14,15)9-7-13-12-6-4-5-11(2)10-12/h4-6,10,13H,3,7-9H2,1-2H3. The van der Waals surface area contributed by atoms with Crippen molar-refractivity contribution in [3.8, 4) is 0 Å². The van der Waals surface area contributed by atoms with Gasteiger partial charge in [0.05, 0.1) is 5.75 Å². The summed E-state index contributed by atoms with van der Waals surface area (Å²) in [7, 11) is -2.87. The minimum absolute atomic E-state index is 0.203. The predicted octanol–water partition coefficient (Wildman–Crippen LogP) is 2.23.